The molecule has 0 spiro atoms. The molecule has 1 amide bonds. The molecule has 1 N–H and O–H groups in total. The highest BCUT2D eigenvalue weighted by Crippen LogP contribution is 2.19. The van der Waals surface area contributed by atoms with Crippen LogP contribution in [-0.4, -0.2) is 10.9 Å². The zero-order valence-corrected chi connectivity index (χ0v) is 15.5. The van der Waals surface area contributed by atoms with Crippen LogP contribution in [0.5, 0.6) is 0 Å². The second-order valence-electron chi connectivity index (χ2n) is 6.19. The van der Waals surface area contributed by atoms with E-state index in [1.54, 1.807) is 12.3 Å². The van der Waals surface area contributed by atoms with Crippen molar-refractivity contribution in [3.63, 3.8) is 0 Å². The molecular weight excluding hydrogens is 324 g/mol. The van der Waals surface area contributed by atoms with Gasteiger partial charge in [0.25, 0.3) is 0 Å². The smallest absolute Gasteiger partial charge is 0.244 e. The van der Waals surface area contributed by atoms with E-state index >= 15 is 0 Å². The Morgan fingerprint density at radius 1 is 1.12 bits per heavy atom. The lowest BCUT2D eigenvalue weighted by Crippen LogP contribution is -2.20. The Labute approximate surface area is 156 Å². The van der Waals surface area contributed by atoms with Crippen molar-refractivity contribution in [2.75, 3.05) is 0 Å². The lowest BCUT2D eigenvalue weighted by atomic mass is 10.1. The molecule has 0 fully saturated rings. The van der Waals surface area contributed by atoms with Crippen molar-refractivity contribution >= 4 is 5.91 Å². The Morgan fingerprint density at radius 3 is 2.73 bits per heavy atom. The number of amides is 1. The fourth-order valence-electron chi connectivity index (χ4n) is 2.53. The number of allylic oxidation sites excluding steroid dienone is 3. The van der Waals surface area contributed by atoms with Crippen molar-refractivity contribution < 1.29 is 9.21 Å². The first-order valence-electron chi connectivity index (χ1n) is 9.40. The molecule has 0 unspecified atom stereocenters. The second kappa shape index (κ2) is 11.9. The Kier molecular flexibility index (Phi) is 8.98. The number of carbonyl (C=O) groups excluding carboxylic acids is 1. The first kappa shape index (κ1) is 19.7. The normalized spacial score (nSPS) is 11.4. The SMILES string of the molecule is CCCCCCC/C=C/C=C/C(=O)NCc1ncc(-c2ccccc2)o1. The maximum absolute atomic E-state index is 11.8. The molecule has 2 aromatic rings. The summed E-state index contributed by atoms with van der Waals surface area (Å²) in [6.45, 7) is 2.50. The van der Waals surface area contributed by atoms with Crippen molar-refractivity contribution in [3.8, 4) is 11.3 Å². The van der Waals surface area contributed by atoms with Gasteiger partial charge in [-0.25, -0.2) is 4.98 Å². The molecule has 0 aliphatic heterocycles. The molecule has 0 aliphatic carbocycles. The van der Waals surface area contributed by atoms with Crippen LogP contribution >= 0.6 is 0 Å². The van der Waals surface area contributed by atoms with Crippen molar-refractivity contribution in [3.05, 3.63) is 66.7 Å². The minimum absolute atomic E-state index is 0.156. The van der Waals surface area contributed by atoms with E-state index in [1.165, 1.54) is 38.2 Å². The molecule has 0 atom stereocenters. The number of unbranched alkanes of at least 4 members (excludes halogenated alkanes) is 5. The molecule has 4 nitrogen and oxygen atoms in total. The predicted molar refractivity (Wildman–Crippen MR) is 105 cm³/mol. The molecule has 4 heteroatoms. The van der Waals surface area contributed by atoms with Gasteiger partial charge in [0, 0.05) is 11.6 Å². The van der Waals surface area contributed by atoms with E-state index in [4.69, 9.17) is 4.42 Å². The maximum atomic E-state index is 11.8. The summed E-state index contributed by atoms with van der Waals surface area (Å²) in [5.74, 6) is 1.04. The number of carbonyl (C=O) groups is 1. The Hall–Kier alpha value is -2.62. The van der Waals surface area contributed by atoms with E-state index < -0.39 is 0 Å². The van der Waals surface area contributed by atoms with Crippen LogP contribution < -0.4 is 5.32 Å². The first-order valence-corrected chi connectivity index (χ1v) is 9.40. The zero-order valence-electron chi connectivity index (χ0n) is 15.5. The third-order valence-corrected chi connectivity index (χ3v) is 3.99. The summed E-state index contributed by atoms with van der Waals surface area (Å²) in [5.41, 5.74) is 0.970. The molecule has 1 heterocycles. The standard InChI is InChI=1S/C22H28N2O2/c1-2-3-4-5-6-7-8-9-13-16-21(25)23-18-22-24-17-20(26-22)19-14-11-10-12-15-19/h8-17H,2-7,18H2,1H3,(H,23,25)/b9-8+,16-13+. The van der Waals surface area contributed by atoms with Gasteiger partial charge in [-0.1, -0.05) is 81.2 Å². The molecule has 0 radical (unpaired) electrons. The van der Waals surface area contributed by atoms with E-state index in [2.05, 4.69) is 23.3 Å². The van der Waals surface area contributed by atoms with Crippen LogP contribution in [0.25, 0.3) is 11.3 Å². The van der Waals surface area contributed by atoms with E-state index in [1.807, 2.05) is 36.4 Å². The summed E-state index contributed by atoms with van der Waals surface area (Å²) in [6, 6.07) is 9.77. The molecule has 1 aromatic carbocycles. The van der Waals surface area contributed by atoms with E-state index in [-0.39, 0.29) is 12.5 Å². The van der Waals surface area contributed by atoms with Gasteiger partial charge in [0.1, 0.15) is 0 Å². The largest absolute Gasteiger partial charge is 0.439 e. The molecule has 0 saturated heterocycles. The summed E-state index contributed by atoms with van der Waals surface area (Å²) in [4.78, 5) is 16.0. The third-order valence-electron chi connectivity index (χ3n) is 3.99. The number of hydrogen-bond donors (Lipinski definition) is 1. The van der Waals surface area contributed by atoms with Crippen LogP contribution in [0.15, 0.2) is 65.2 Å². The number of benzene rings is 1. The Balaban J connectivity index is 1.65. The second-order valence-corrected chi connectivity index (χ2v) is 6.19. The highest BCUT2D eigenvalue weighted by molar-refractivity contribution is 5.87. The van der Waals surface area contributed by atoms with Gasteiger partial charge in [-0.3, -0.25) is 4.79 Å². The predicted octanol–water partition coefficient (Wildman–Crippen LogP) is 5.43. The van der Waals surface area contributed by atoms with Gasteiger partial charge in [0.15, 0.2) is 5.76 Å². The molecular formula is C22H28N2O2. The fraction of sp³-hybridized carbons (Fsp3) is 0.364. The lowest BCUT2D eigenvalue weighted by Gasteiger charge is -1.98. The van der Waals surface area contributed by atoms with Gasteiger partial charge >= 0.3 is 0 Å². The minimum atomic E-state index is -0.156. The molecule has 0 aliphatic rings. The van der Waals surface area contributed by atoms with Crippen molar-refractivity contribution in [2.45, 2.75) is 52.0 Å². The topological polar surface area (TPSA) is 55.1 Å². The first-order chi connectivity index (χ1) is 12.8. The number of nitrogens with zero attached hydrogens (tertiary/aromatic N) is 1. The van der Waals surface area contributed by atoms with Crippen LogP contribution in [0, 0.1) is 0 Å². The van der Waals surface area contributed by atoms with Crippen LogP contribution in [0.2, 0.25) is 0 Å². The molecule has 0 bridgehead atoms. The van der Waals surface area contributed by atoms with Crippen molar-refractivity contribution in [2.24, 2.45) is 0 Å². The van der Waals surface area contributed by atoms with Crippen LogP contribution in [-0.2, 0) is 11.3 Å². The quantitative estimate of drug-likeness (QED) is 0.333. The van der Waals surface area contributed by atoms with Crippen molar-refractivity contribution in [1.82, 2.24) is 10.3 Å². The number of oxazole rings is 1. The van der Waals surface area contributed by atoms with Gasteiger partial charge in [0.05, 0.1) is 12.7 Å². The average Bonchev–Trinajstić information content (AvgIpc) is 3.15. The highest BCUT2D eigenvalue weighted by atomic mass is 16.4. The maximum Gasteiger partial charge on any atom is 0.244 e. The van der Waals surface area contributed by atoms with Gasteiger partial charge in [-0.2, -0.15) is 0 Å². The number of hydrogen-bond acceptors (Lipinski definition) is 3. The van der Waals surface area contributed by atoms with Crippen LogP contribution in [0.4, 0.5) is 0 Å². The molecule has 2 rings (SSSR count). The molecule has 26 heavy (non-hydrogen) atoms. The lowest BCUT2D eigenvalue weighted by molar-refractivity contribution is -0.116. The number of aromatic nitrogens is 1. The summed E-state index contributed by atoms with van der Waals surface area (Å²) in [5, 5.41) is 2.77. The highest BCUT2D eigenvalue weighted by Gasteiger charge is 2.06. The van der Waals surface area contributed by atoms with E-state index in [0.29, 0.717) is 11.7 Å². The monoisotopic (exact) mass is 352 g/mol. The summed E-state index contributed by atoms with van der Waals surface area (Å²) in [7, 11) is 0. The Bertz CT molecular complexity index is 702. The van der Waals surface area contributed by atoms with E-state index in [0.717, 1.165) is 12.0 Å². The molecule has 0 saturated carbocycles. The van der Waals surface area contributed by atoms with Crippen molar-refractivity contribution in [1.29, 1.82) is 0 Å². The number of rotatable bonds is 11. The van der Waals surface area contributed by atoms with Crippen LogP contribution in [0.3, 0.4) is 0 Å². The summed E-state index contributed by atoms with van der Waals surface area (Å²) in [6.07, 6.45) is 16.5. The summed E-state index contributed by atoms with van der Waals surface area (Å²) < 4.78 is 5.65. The van der Waals surface area contributed by atoms with E-state index in [9.17, 15) is 4.79 Å². The molecule has 138 valence electrons. The average molecular weight is 352 g/mol. The van der Waals surface area contributed by atoms with Gasteiger partial charge in [0.2, 0.25) is 11.8 Å². The minimum Gasteiger partial charge on any atom is -0.439 e. The van der Waals surface area contributed by atoms with Gasteiger partial charge < -0.3 is 9.73 Å². The Morgan fingerprint density at radius 2 is 1.92 bits per heavy atom. The van der Waals surface area contributed by atoms with Crippen LogP contribution in [0.1, 0.15) is 51.3 Å². The fourth-order valence-corrected chi connectivity index (χ4v) is 2.53. The van der Waals surface area contributed by atoms with Gasteiger partial charge in [-0.15, -0.1) is 0 Å². The summed E-state index contributed by atoms with van der Waals surface area (Å²) >= 11 is 0. The molecule has 1 aromatic heterocycles. The van der Waals surface area contributed by atoms with Gasteiger partial charge in [-0.05, 0) is 12.8 Å². The third kappa shape index (κ3) is 7.51. The number of nitrogens with one attached hydrogen (secondary N) is 1. The zero-order chi connectivity index (χ0) is 18.5.